The zero-order chi connectivity index (χ0) is 6.97. The molecule has 0 atom stereocenters. The molecule has 0 aromatic heterocycles. The number of benzene rings is 1. The third-order valence-corrected chi connectivity index (χ3v) is 1.90. The number of quaternary nitrogens is 1. The quantitative estimate of drug-likeness (QED) is 0.534. The Morgan fingerprint density at radius 3 is 2.90 bits per heavy atom. The van der Waals surface area contributed by atoms with Gasteiger partial charge in [0.2, 0.25) is 0 Å². The summed E-state index contributed by atoms with van der Waals surface area (Å²) >= 11 is 0. The van der Waals surface area contributed by atoms with Crippen LogP contribution in [-0.2, 0) is 13.1 Å². The molecule has 1 aromatic carbocycles. The van der Waals surface area contributed by atoms with Gasteiger partial charge in [-0.2, -0.15) is 0 Å². The second-order valence-corrected chi connectivity index (χ2v) is 2.61. The van der Waals surface area contributed by atoms with Crippen molar-refractivity contribution in [2.75, 3.05) is 0 Å². The normalized spacial score (nSPS) is 15.3. The van der Waals surface area contributed by atoms with Crippen molar-refractivity contribution in [1.29, 1.82) is 0 Å². The Balaban J connectivity index is 2.52. The maximum atomic E-state index is 12.5. The molecule has 1 aliphatic heterocycles. The summed E-state index contributed by atoms with van der Waals surface area (Å²) in [6.45, 7) is 1.95. The Bertz CT molecular complexity index is 257. The van der Waals surface area contributed by atoms with Crippen LogP contribution in [0.4, 0.5) is 4.39 Å². The van der Waals surface area contributed by atoms with Crippen LogP contribution >= 0.6 is 0 Å². The Kier molecular flexibility index (Phi) is 1.21. The summed E-state index contributed by atoms with van der Waals surface area (Å²) in [4.78, 5) is 0. The fourth-order valence-electron chi connectivity index (χ4n) is 1.37. The summed E-state index contributed by atoms with van der Waals surface area (Å²) in [5.41, 5.74) is 2.43. The zero-order valence-corrected chi connectivity index (χ0v) is 5.60. The van der Waals surface area contributed by atoms with Crippen molar-refractivity contribution in [2.45, 2.75) is 13.1 Å². The second kappa shape index (κ2) is 2.06. The zero-order valence-electron chi connectivity index (χ0n) is 5.60. The lowest BCUT2D eigenvalue weighted by atomic mass is 10.1. The smallest absolute Gasteiger partial charge is 0.123 e. The molecule has 52 valence electrons. The van der Waals surface area contributed by atoms with E-state index in [0.717, 1.165) is 18.7 Å². The third-order valence-electron chi connectivity index (χ3n) is 1.90. The van der Waals surface area contributed by atoms with Crippen molar-refractivity contribution in [1.82, 2.24) is 0 Å². The van der Waals surface area contributed by atoms with Crippen LogP contribution in [0.5, 0.6) is 0 Å². The van der Waals surface area contributed by atoms with Gasteiger partial charge in [0.25, 0.3) is 0 Å². The molecule has 0 saturated carbocycles. The molecule has 2 heteroatoms. The average molecular weight is 138 g/mol. The van der Waals surface area contributed by atoms with Gasteiger partial charge in [-0.25, -0.2) is 4.39 Å². The predicted octanol–water partition coefficient (Wildman–Crippen LogP) is 0.403. The molecular weight excluding hydrogens is 129 g/mol. The molecule has 1 heterocycles. The highest BCUT2D eigenvalue weighted by molar-refractivity contribution is 5.27. The van der Waals surface area contributed by atoms with Crippen LogP contribution in [0, 0.1) is 5.82 Å². The molecule has 0 saturated heterocycles. The van der Waals surface area contributed by atoms with Gasteiger partial charge in [0, 0.05) is 11.1 Å². The Morgan fingerprint density at radius 1 is 1.20 bits per heavy atom. The van der Waals surface area contributed by atoms with Gasteiger partial charge in [-0.15, -0.1) is 0 Å². The molecule has 0 fully saturated rings. The highest BCUT2D eigenvalue weighted by Crippen LogP contribution is 2.11. The summed E-state index contributed by atoms with van der Waals surface area (Å²) in [7, 11) is 0. The lowest BCUT2D eigenvalue weighted by Crippen LogP contribution is -2.77. The van der Waals surface area contributed by atoms with Crippen molar-refractivity contribution < 1.29 is 9.71 Å². The van der Waals surface area contributed by atoms with E-state index in [1.165, 1.54) is 11.6 Å². The number of hydrogen-bond donors (Lipinski definition) is 1. The molecule has 0 amide bonds. The van der Waals surface area contributed by atoms with Crippen molar-refractivity contribution in [3.8, 4) is 0 Å². The van der Waals surface area contributed by atoms with E-state index in [9.17, 15) is 4.39 Å². The van der Waals surface area contributed by atoms with Crippen LogP contribution in [0.25, 0.3) is 0 Å². The number of fused-ring (bicyclic) bond motifs is 1. The van der Waals surface area contributed by atoms with Gasteiger partial charge >= 0.3 is 0 Å². The molecule has 2 N–H and O–H groups in total. The number of nitrogens with two attached hydrogens (primary N) is 1. The monoisotopic (exact) mass is 138 g/mol. The number of rotatable bonds is 0. The van der Waals surface area contributed by atoms with Gasteiger partial charge in [-0.1, -0.05) is 6.07 Å². The third kappa shape index (κ3) is 0.809. The van der Waals surface area contributed by atoms with Crippen molar-refractivity contribution in [3.63, 3.8) is 0 Å². The summed E-state index contributed by atoms with van der Waals surface area (Å²) in [5.74, 6) is -0.117. The minimum atomic E-state index is -0.117. The van der Waals surface area contributed by atoms with Gasteiger partial charge in [0.15, 0.2) is 0 Å². The predicted molar refractivity (Wildman–Crippen MR) is 35.7 cm³/mol. The summed E-state index contributed by atoms with van der Waals surface area (Å²) < 4.78 is 12.5. The number of hydrogen-bond acceptors (Lipinski definition) is 0. The van der Waals surface area contributed by atoms with E-state index in [1.807, 2.05) is 6.07 Å². The van der Waals surface area contributed by atoms with E-state index in [4.69, 9.17) is 0 Å². The number of halogens is 1. The lowest BCUT2D eigenvalue weighted by Gasteiger charge is -1.91. The molecule has 2 rings (SSSR count). The van der Waals surface area contributed by atoms with E-state index >= 15 is 0 Å². The molecule has 0 bridgehead atoms. The van der Waals surface area contributed by atoms with Gasteiger partial charge in [-0.05, 0) is 12.1 Å². The fraction of sp³-hybridized carbons (Fsp3) is 0.250. The van der Waals surface area contributed by atoms with Crippen molar-refractivity contribution in [2.24, 2.45) is 0 Å². The lowest BCUT2D eigenvalue weighted by molar-refractivity contribution is -0.676. The van der Waals surface area contributed by atoms with Crippen LogP contribution in [-0.4, -0.2) is 0 Å². The van der Waals surface area contributed by atoms with Gasteiger partial charge in [0.05, 0.1) is 0 Å². The van der Waals surface area contributed by atoms with Gasteiger partial charge in [0.1, 0.15) is 18.9 Å². The molecule has 10 heavy (non-hydrogen) atoms. The molecule has 1 aliphatic rings. The van der Waals surface area contributed by atoms with E-state index in [2.05, 4.69) is 5.32 Å². The molecule has 0 spiro atoms. The minimum Gasteiger partial charge on any atom is -0.339 e. The van der Waals surface area contributed by atoms with E-state index in [-0.39, 0.29) is 5.82 Å². The first-order valence-corrected chi connectivity index (χ1v) is 3.45. The largest absolute Gasteiger partial charge is 0.339 e. The molecule has 1 aromatic rings. The Labute approximate surface area is 58.9 Å². The standard InChI is InChI=1S/C8H8FN/c9-8-2-1-6-4-10-5-7(6)3-8/h1-3,10H,4-5H2/p+1. The molecule has 0 aliphatic carbocycles. The summed E-state index contributed by atoms with van der Waals surface area (Å²) in [6.07, 6.45) is 0. The van der Waals surface area contributed by atoms with E-state index in [1.54, 1.807) is 6.07 Å². The van der Waals surface area contributed by atoms with Crippen LogP contribution < -0.4 is 5.32 Å². The summed E-state index contributed by atoms with van der Waals surface area (Å²) in [5, 5.41) is 2.17. The van der Waals surface area contributed by atoms with E-state index < -0.39 is 0 Å². The van der Waals surface area contributed by atoms with Crippen molar-refractivity contribution >= 4 is 0 Å². The van der Waals surface area contributed by atoms with E-state index in [0.29, 0.717) is 0 Å². The van der Waals surface area contributed by atoms with Crippen LogP contribution in [0.3, 0.4) is 0 Å². The first kappa shape index (κ1) is 5.86. The topological polar surface area (TPSA) is 16.6 Å². The molecule has 0 unspecified atom stereocenters. The van der Waals surface area contributed by atoms with Crippen molar-refractivity contribution in [3.05, 3.63) is 35.1 Å². The minimum absolute atomic E-state index is 0.117. The Hall–Kier alpha value is -0.890. The van der Waals surface area contributed by atoms with Crippen LogP contribution in [0.1, 0.15) is 11.1 Å². The highest BCUT2D eigenvalue weighted by atomic mass is 19.1. The highest BCUT2D eigenvalue weighted by Gasteiger charge is 2.12. The Morgan fingerprint density at radius 2 is 2.00 bits per heavy atom. The SMILES string of the molecule is Fc1ccc2c(c1)C[NH2+]C2. The summed E-state index contributed by atoms with van der Waals surface area (Å²) in [6, 6.07) is 5.02. The van der Waals surface area contributed by atoms with Crippen LogP contribution in [0.15, 0.2) is 18.2 Å². The second-order valence-electron chi connectivity index (χ2n) is 2.61. The fourth-order valence-corrected chi connectivity index (χ4v) is 1.37. The maximum Gasteiger partial charge on any atom is 0.123 e. The maximum absolute atomic E-state index is 12.5. The first-order chi connectivity index (χ1) is 4.86. The van der Waals surface area contributed by atoms with Gasteiger partial charge < -0.3 is 5.32 Å². The first-order valence-electron chi connectivity index (χ1n) is 3.45. The molecular formula is C8H9FN+. The average Bonchev–Trinajstić information content (AvgIpc) is 2.33. The van der Waals surface area contributed by atoms with Gasteiger partial charge in [-0.3, -0.25) is 0 Å². The van der Waals surface area contributed by atoms with Crippen LogP contribution in [0.2, 0.25) is 0 Å². The molecule has 1 nitrogen and oxygen atoms in total. The molecule has 0 radical (unpaired) electrons.